The second-order valence-electron chi connectivity index (χ2n) is 4.70. The molecule has 0 amide bonds. The van der Waals surface area contributed by atoms with Gasteiger partial charge in [0.2, 0.25) is 0 Å². The molecule has 6 heteroatoms. The van der Waals surface area contributed by atoms with Gasteiger partial charge in [0, 0.05) is 12.7 Å². The fourth-order valence-electron chi connectivity index (χ4n) is 1.99. The third-order valence-corrected chi connectivity index (χ3v) is 4.44. The minimum atomic E-state index is -3.59. The molecule has 0 fully saturated rings. The van der Waals surface area contributed by atoms with E-state index >= 15 is 0 Å². The molecule has 0 saturated carbocycles. The van der Waals surface area contributed by atoms with Gasteiger partial charge in [0.25, 0.3) is 10.0 Å². The van der Waals surface area contributed by atoms with Crippen molar-refractivity contribution >= 4 is 15.7 Å². The smallest absolute Gasteiger partial charge is 0.265 e. The quantitative estimate of drug-likeness (QED) is 0.936. The Balaban J connectivity index is 2.39. The van der Waals surface area contributed by atoms with E-state index in [1.54, 1.807) is 26.1 Å². The van der Waals surface area contributed by atoms with Crippen LogP contribution in [0.1, 0.15) is 16.8 Å². The van der Waals surface area contributed by atoms with Crippen LogP contribution in [-0.2, 0) is 17.1 Å². The average Bonchev–Trinajstić information content (AvgIpc) is 2.57. The van der Waals surface area contributed by atoms with Crippen LogP contribution in [0, 0.1) is 20.8 Å². The van der Waals surface area contributed by atoms with Crippen molar-refractivity contribution in [2.75, 3.05) is 4.72 Å². The maximum atomic E-state index is 12.3. The molecule has 0 radical (unpaired) electrons. The molecule has 1 N–H and O–H groups in total. The summed E-state index contributed by atoms with van der Waals surface area (Å²) in [5, 5.41) is 3.96. The van der Waals surface area contributed by atoms with E-state index in [0.29, 0.717) is 11.4 Å². The van der Waals surface area contributed by atoms with E-state index in [1.807, 2.05) is 19.9 Å². The maximum Gasteiger partial charge on any atom is 0.265 e. The molecule has 0 aliphatic rings. The number of nitrogens with one attached hydrogen (secondary N) is 1. The van der Waals surface area contributed by atoms with Crippen molar-refractivity contribution in [3.8, 4) is 0 Å². The zero-order valence-corrected chi connectivity index (χ0v) is 12.2. The number of aromatic nitrogens is 2. The number of benzene rings is 1. The SMILES string of the molecule is Cc1cc(C)cc(NS(=O)(=O)c2cnn(C)c2C)c1. The third-order valence-electron chi connectivity index (χ3n) is 2.95. The molecule has 2 aromatic rings. The molecule has 2 rings (SSSR count). The molecular weight excluding hydrogens is 262 g/mol. The first-order chi connectivity index (χ1) is 8.79. The van der Waals surface area contributed by atoms with Crippen LogP contribution in [0.4, 0.5) is 5.69 Å². The molecule has 0 aliphatic heterocycles. The summed E-state index contributed by atoms with van der Waals surface area (Å²) >= 11 is 0. The van der Waals surface area contributed by atoms with E-state index in [9.17, 15) is 8.42 Å². The lowest BCUT2D eigenvalue weighted by Crippen LogP contribution is -2.14. The number of sulfonamides is 1. The molecule has 0 unspecified atom stereocenters. The van der Waals surface area contributed by atoms with Gasteiger partial charge in [-0.1, -0.05) is 6.07 Å². The average molecular weight is 279 g/mol. The summed E-state index contributed by atoms with van der Waals surface area (Å²) in [5.41, 5.74) is 3.21. The van der Waals surface area contributed by atoms with Crippen molar-refractivity contribution in [2.24, 2.45) is 7.05 Å². The Morgan fingerprint density at radius 3 is 2.16 bits per heavy atom. The van der Waals surface area contributed by atoms with E-state index in [4.69, 9.17) is 0 Å². The first-order valence-electron chi connectivity index (χ1n) is 5.89. The zero-order valence-electron chi connectivity index (χ0n) is 11.4. The van der Waals surface area contributed by atoms with Crippen LogP contribution in [0.5, 0.6) is 0 Å². The van der Waals surface area contributed by atoms with E-state index in [-0.39, 0.29) is 4.90 Å². The lowest BCUT2D eigenvalue weighted by atomic mass is 10.1. The van der Waals surface area contributed by atoms with Crippen molar-refractivity contribution < 1.29 is 8.42 Å². The second kappa shape index (κ2) is 4.70. The Hall–Kier alpha value is -1.82. The molecule has 1 aromatic heterocycles. The van der Waals surface area contributed by atoms with Crippen LogP contribution in [0.15, 0.2) is 29.3 Å². The van der Waals surface area contributed by atoms with Gasteiger partial charge in [-0.05, 0) is 44.0 Å². The standard InChI is InChI=1S/C13H17N3O2S/c1-9-5-10(2)7-12(6-9)15-19(17,18)13-8-14-16(4)11(13)3/h5-8,15H,1-4H3. The van der Waals surface area contributed by atoms with Crippen LogP contribution in [-0.4, -0.2) is 18.2 Å². The molecule has 1 aromatic carbocycles. The minimum absolute atomic E-state index is 0.203. The van der Waals surface area contributed by atoms with Crippen molar-refractivity contribution in [1.29, 1.82) is 0 Å². The van der Waals surface area contributed by atoms with Crippen LogP contribution in [0.2, 0.25) is 0 Å². The number of anilines is 1. The van der Waals surface area contributed by atoms with Crippen molar-refractivity contribution in [3.63, 3.8) is 0 Å². The highest BCUT2D eigenvalue weighted by Gasteiger charge is 2.20. The fraction of sp³-hybridized carbons (Fsp3) is 0.308. The van der Waals surface area contributed by atoms with Gasteiger partial charge >= 0.3 is 0 Å². The molecule has 1 heterocycles. The van der Waals surface area contributed by atoms with E-state index in [0.717, 1.165) is 11.1 Å². The highest BCUT2D eigenvalue weighted by atomic mass is 32.2. The summed E-state index contributed by atoms with van der Waals surface area (Å²) in [4.78, 5) is 0.203. The number of hydrogen-bond donors (Lipinski definition) is 1. The minimum Gasteiger partial charge on any atom is -0.280 e. The van der Waals surface area contributed by atoms with E-state index in [2.05, 4.69) is 9.82 Å². The van der Waals surface area contributed by atoms with Gasteiger partial charge in [0.15, 0.2) is 0 Å². The largest absolute Gasteiger partial charge is 0.280 e. The topological polar surface area (TPSA) is 64.0 Å². The first kappa shape index (κ1) is 13.6. The van der Waals surface area contributed by atoms with Gasteiger partial charge in [0.1, 0.15) is 4.90 Å². The lowest BCUT2D eigenvalue weighted by molar-refractivity contribution is 0.600. The van der Waals surface area contributed by atoms with Gasteiger partial charge in [-0.3, -0.25) is 9.40 Å². The van der Waals surface area contributed by atoms with E-state index in [1.165, 1.54) is 10.9 Å². The molecule has 5 nitrogen and oxygen atoms in total. The molecule has 102 valence electrons. The van der Waals surface area contributed by atoms with Crippen LogP contribution >= 0.6 is 0 Å². The maximum absolute atomic E-state index is 12.3. The molecule has 0 aliphatic carbocycles. The van der Waals surface area contributed by atoms with Crippen LogP contribution in [0.3, 0.4) is 0 Å². The number of nitrogens with zero attached hydrogens (tertiary/aromatic N) is 2. The van der Waals surface area contributed by atoms with Crippen LogP contribution in [0.25, 0.3) is 0 Å². The Labute approximate surface area is 113 Å². The monoisotopic (exact) mass is 279 g/mol. The second-order valence-corrected chi connectivity index (χ2v) is 6.35. The first-order valence-corrected chi connectivity index (χ1v) is 7.37. The van der Waals surface area contributed by atoms with Gasteiger partial charge in [-0.2, -0.15) is 5.10 Å². The third kappa shape index (κ3) is 2.78. The van der Waals surface area contributed by atoms with Crippen LogP contribution < -0.4 is 4.72 Å². The summed E-state index contributed by atoms with van der Waals surface area (Å²) in [5.74, 6) is 0. The molecule has 0 atom stereocenters. The fourth-order valence-corrected chi connectivity index (χ4v) is 3.23. The predicted octanol–water partition coefficient (Wildman–Crippen LogP) is 2.15. The summed E-state index contributed by atoms with van der Waals surface area (Å²) in [6, 6.07) is 5.60. The predicted molar refractivity (Wildman–Crippen MR) is 74.7 cm³/mol. The molecule has 0 bridgehead atoms. The summed E-state index contributed by atoms with van der Waals surface area (Å²) < 4.78 is 28.7. The van der Waals surface area contributed by atoms with E-state index < -0.39 is 10.0 Å². The Morgan fingerprint density at radius 2 is 1.68 bits per heavy atom. The lowest BCUT2D eigenvalue weighted by Gasteiger charge is -2.09. The van der Waals surface area contributed by atoms with Gasteiger partial charge in [-0.25, -0.2) is 8.42 Å². The Bertz CT molecular complexity index is 697. The Morgan fingerprint density at radius 1 is 1.11 bits per heavy atom. The highest BCUT2D eigenvalue weighted by Crippen LogP contribution is 2.20. The Kier molecular flexibility index (Phi) is 3.36. The van der Waals surface area contributed by atoms with Crippen molar-refractivity contribution in [2.45, 2.75) is 25.7 Å². The van der Waals surface area contributed by atoms with Gasteiger partial charge in [-0.15, -0.1) is 0 Å². The molecular formula is C13H17N3O2S. The number of rotatable bonds is 3. The molecule has 0 spiro atoms. The number of hydrogen-bond acceptors (Lipinski definition) is 3. The molecule has 0 saturated heterocycles. The van der Waals surface area contributed by atoms with Gasteiger partial charge in [0.05, 0.1) is 11.9 Å². The molecule has 19 heavy (non-hydrogen) atoms. The summed E-state index contributed by atoms with van der Waals surface area (Å²) in [7, 11) is -1.88. The van der Waals surface area contributed by atoms with Gasteiger partial charge < -0.3 is 0 Å². The van der Waals surface area contributed by atoms with Crippen molar-refractivity contribution in [3.05, 3.63) is 41.2 Å². The highest BCUT2D eigenvalue weighted by molar-refractivity contribution is 7.92. The van der Waals surface area contributed by atoms with Crippen molar-refractivity contribution in [1.82, 2.24) is 9.78 Å². The summed E-state index contributed by atoms with van der Waals surface area (Å²) in [6.45, 7) is 5.59. The summed E-state index contributed by atoms with van der Waals surface area (Å²) in [6.07, 6.45) is 1.36. The normalized spacial score (nSPS) is 11.6. The number of aryl methyl sites for hydroxylation is 3. The zero-order chi connectivity index (χ0) is 14.2.